The first-order valence-electron chi connectivity index (χ1n) is 4.63. The molecule has 0 aromatic carbocycles. The highest BCUT2D eigenvalue weighted by Gasteiger charge is 2.10. The highest BCUT2D eigenvalue weighted by atomic mass is 14.9. The van der Waals surface area contributed by atoms with Gasteiger partial charge in [0.2, 0.25) is 0 Å². The Morgan fingerprint density at radius 3 is 2.91 bits per heavy atom. The van der Waals surface area contributed by atoms with E-state index in [0.29, 0.717) is 0 Å². The summed E-state index contributed by atoms with van der Waals surface area (Å²) in [5, 5.41) is 3.43. The minimum Gasteiger partial charge on any atom is -0.316 e. The van der Waals surface area contributed by atoms with E-state index in [-0.39, 0.29) is 0 Å². The molecule has 64 valence electrons. The molecule has 11 heavy (non-hydrogen) atoms. The molecule has 1 heteroatoms. The first kappa shape index (κ1) is 8.79. The minimum atomic E-state index is 0.902. The molecule has 1 N–H and O–H groups in total. The van der Waals surface area contributed by atoms with Gasteiger partial charge in [0.25, 0.3) is 0 Å². The zero-order valence-corrected chi connectivity index (χ0v) is 7.69. The van der Waals surface area contributed by atoms with E-state index in [1.807, 2.05) is 0 Å². The number of nitrogens with one attached hydrogen (secondary N) is 1. The molecular weight excluding hydrogens is 134 g/mol. The molecule has 1 unspecified atom stereocenters. The van der Waals surface area contributed by atoms with Gasteiger partial charge in [0.05, 0.1) is 0 Å². The van der Waals surface area contributed by atoms with Crippen molar-refractivity contribution in [1.29, 1.82) is 0 Å². The zero-order valence-electron chi connectivity index (χ0n) is 7.69. The summed E-state index contributed by atoms with van der Waals surface area (Å²) in [6.07, 6.45) is 6.41. The van der Waals surface area contributed by atoms with Crippen LogP contribution in [0.15, 0.2) is 11.6 Å². The molecule has 1 rings (SSSR count). The molecule has 0 bridgehead atoms. The maximum Gasteiger partial charge on any atom is -0.00175 e. The minimum absolute atomic E-state index is 0.902. The van der Waals surface area contributed by atoms with Crippen molar-refractivity contribution in [2.45, 2.75) is 33.1 Å². The summed E-state index contributed by atoms with van der Waals surface area (Å²) in [6.45, 7) is 6.81. The van der Waals surface area contributed by atoms with Gasteiger partial charge in [-0.3, -0.25) is 0 Å². The lowest BCUT2D eigenvalue weighted by atomic mass is 9.95. The van der Waals surface area contributed by atoms with E-state index in [0.717, 1.165) is 5.92 Å². The van der Waals surface area contributed by atoms with E-state index < -0.39 is 0 Å². The van der Waals surface area contributed by atoms with Gasteiger partial charge < -0.3 is 5.32 Å². The van der Waals surface area contributed by atoms with Crippen LogP contribution in [-0.4, -0.2) is 13.1 Å². The molecular formula is C10H19N. The predicted molar refractivity (Wildman–Crippen MR) is 49.6 cm³/mol. The van der Waals surface area contributed by atoms with Gasteiger partial charge >= 0.3 is 0 Å². The molecule has 0 aromatic heterocycles. The van der Waals surface area contributed by atoms with Gasteiger partial charge in [-0.2, -0.15) is 0 Å². The third kappa shape index (κ3) is 3.57. The molecule has 1 atom stereocenters. The Labute approximate surface area is 69.9 Å². The highest BCUT2D eigenvalue weighted by Crippen LogP contribution is 2.14. The smallest absolute Gasteiger partial charge is 0.00175 e. The summed E-state index contributed by atoms with van der Waals surface area (Å²) >= 11 is 0. The number of rotatable bonds is 2. The van der Waals surface area contributed by atoms with Crippen LogP contribution in [0.2, 0.25) is 0 Å². The Morgan fingerprint density at radius 2 is 2.36 bits per heavy atom. The van der Waals surface area contributed by atoms with Crippen LogP contribution in [0.3, 0.4) is 0 Å². The lowest BCUT2D eigenvalue weighted by Gasteiger charge is -2.21. The molecule has 0 amide bonds. The number of hydrogen-bond acceptors (Lipinski definition) is 1. The maximum atomic E-state index is 3.43. The third-order valence-electron chi connectivity index (χ3n) is 2.26. The van der Waals surface area contributed by atoms with Crippen molar-refractivity contribution in [3.8, 4) is 0 Å². The molecule has 1 heterocycles. The Hall–Kier alpha value is -0.300. The molecule has 1 fully saturated rings. The molecule has 0 aliphatic carbocycles. The van der Waals surface area contributed by atoms with Crippen LogP contribution in [0, 0.1) is 5.92 Å². The molecule has 1 aliphatic heterocycles. The second-order valence-electron chi connectivity index (χ2n) is 3.73. The number of hydrogen-bond donors (Lipinski definition) is 1. The van der Waals surface area contributed by atoms with E-state index in [1.165, 1.54) is 37.9 Å². The lowest BCUT2D eigenvalue weighted by molar-refractivity contribution is 0.380. The second-order valence-corrected chi connectivity index (χ2v) is 3.73. The fourth-order valence-electron chi connectivity index (χ4n) is 1.53. The van der Waals surface area contributed by atoms with Gasteiger partial charge in [-0.05, 0) is 52.1 Å². The van der Waals surface area contributed by atoms with E-state index in [4.69, 9.17) is 0 Å². The Morgan fingerprint density at radius 1 is 1.55 bits per heavy atom. The van der Waals surface area contributed by atoms with Crippen LogP contribution in [0.1, 0.15) is 33.1 Å². The summed E-state index contributed by atoms with van der Waals surface area (Å²) < 4.78 is 0. The lowest BCUT2D eigenvalue weighted by Crippen LogP contribution is -2.29. The first-order chi connectivity index (χ1) is 5.29. The molecule has 0 saturated carbocycles. The van der Waals surface area contributed by atoms with Crippen molar-refractivity contribution in [3.63, 3.8) is 0 Å². The van der Waals surface area contributed by atoms with Crippen LogP contribution in [-0.2, 0) is 0 Å². The van der Waals surface area contributed by atoms with E-state index in [2.05, 4.69) is 25.2 Å². The predicted octanol–water partition coefficient (Wildman–Crippen LogP) is 2.34. The quantitative estimate of drug-likeness (QED) is 0.600. The normalized spacial score (nSPS) is 24.7. The maximum absolute atomic E-state index is 3.43. The third-order valence-corrected chi connectivity index (χ3v) is 2.26. The van der Waals surface area contributed by atoms with Crippen molar-refractivity contribution in [2.24, 2.45) is 5.92 Å². The zero-order chi connectivity index (χ0) is 8.10. The number of piperidine rings is 1. The topological polar surface area (TPSA) is 12.0 Å². The SMILES string of the molecule is CC(C)=CCC1CCCNC1. The Bertz CT molecular complexity index is 128. The number of allylic oxidation sites excluding steroid dienone is 2. The summed E-state index contributed by atoms with van der Waals surface area (Å²) in [4.78, 5) is 0. The summed E-state index contributed by atoms with van der Waals surface area (Å²) in [5.41, 5.74) is 1.45. The molecule has 0 spiro atoms. The Kier molecular flexibility index (Phi) is 3.64. The van der Waals surface area contributed by atoms with Crippen molar-refractivity contribution in [3.05, 3.63) is 11.6 Å². The largest absolute Gasteiger partial charge is 0.316 e. The van der Waals surface area contributed by atoms with Gasteiger partial charge in [-0.1, -0.05) is 11.6 Å². The summed E-state index contributed by atoms with van der Waals surface area (Å²) in [6, 6.07) is 0. The van der Waals surface area contributed by atoms with Crippen LogP contribution >= 0.6 is 0 Å². The molecule has 0 radical (unpaired) electrons. The monoisotopic (exact) mass is 153 g/mol. The van der Waals surface area contributed by atoms with Gasteiger partial charge in [-0.25, -0.2) is 0 Å². The first-order valence-corrected chi connectivity index (χ1v) is 4.63. The van der Waals surface area contributed by atoms with Gasteiger partial charge in [0.1, 0.15) is 0 Å². The fraction of sp³-hybridized carbons (Fsp3) is 0.800. The van der Waals surface area contributed by atoms with Crippen molar-refractivity contribution < 1.29 is 0 Å². The van der Waals surface area contributed by atoms with E-state index in [1.54, 1.807) is 0 Å². The van der Waals surface area contributed by atoms with E-state index >= 15 is 0 Å². The van der Waals surface area contributed by atoms with Gasteiger partial charge in [0, 0.05) is 0 Å². The summed E-state index contributed by atoms with van der Waals surface area (Å²) in [5.74, 6) is 0.902. The standard InChI is InChI=1S/C10H19N/c1-9(2)5-6-10-4-3-7-11-8-10/h5,10-11H,3-4,6-8H2,1-2H3. The van der Waals surface area contributed by atoms with Crippen LogP contribution < -0.4 is 5.32 Å². The van der Waals surface area contributed by atoms with Crippen LogP contribution in [0.4, 0.5) is 0 Å². The second kappa shape index (κ2) is 4.55. The molecule has 0 aromatic rings. The van der Waals surface area contributed by atoms with E-state index in [9.17, 15) is 0 Å². The average molecular weight is 153 g/mol. The average Bonchev–Trinajstić information content (AvgIpc) is 2.03. The van der Waals surface area contributed by atoms with Crippen molar-refractivity contribution >= 4 is 0 Å². The Balaban J connectivity index is 2.19. The highest BCUT2D eigenvalue weighted by molar-refractivity contribution is 4.94. The van der Waals surface area contributed by atoms with Crippen molar-refractivity contribution in [1.82, 2.24) is 5.32 Å². The fourth-order valence-corrected chi connectivity index (χ4v) is 1.53. The molecule has 1 saturated heterocycles. The van der Waals surface area contributed by atoms with Crippen LogP contribution in [0.25, 0.3) is 0 Å². The van der Waals surface area contributed by atoms with Crippen LogP contribution in [0.5, 0.6) is 0 Å². The van der Waals surface area contributed by atoms with Crippen molar-refractivity contribution in [2.75, 3.05) is 13.1 Å². The molecule has 1 nitrogen and oxygen atoms in total. The molecule has 1 aliphatic rings. The van der Waals surface area contributed by atoms with Gasteiger partial charge in [0.15, 0.2) is 0 Å². The summed E-state index contributed by atoms with van der Waals surface area (Å²) in [7, 11) is 0. The van der Waals surface area contributed by atoms with Gasteiger partial charge in [-0.15, -0.1) is 0 Å².